The summed E-state index contributed by atoms with van der Waals surface area (Å²) in [5, 5.41) is 2.93. The molecule has 0 aromatic heterocycles. The zero-order valence-electron chi connectivity index (χ0n) is 15.7. The zero-order chi connectivity index (χ0) is 19.4. The Morgan fingerprint density at radius 2 is 1.70 bits per heavy atom. The molecule has 1 aliphatic rings. The van der Waals surface area contributed by atoms with Crippen LogP contribution in [0.25, 0.3) is 0 Å². The van der Waals surface area contributed by atoms with Crippen molar-refractivity contribution in [2.75, 3.05) is 18.5 Å². The lowest BCUT2D eigenvalue weighted by molar-refractivity contribution is -0.226. The maximum atomic E-state index is 12.7. The van der Waals surface area contributed by atoms with Gasteiger partial charge in [-0.25, -0.2) is 0 Å². The predicted molar refractivity (Wildman–Crippen MR) is 108 cm³/mol. The Hall–Kier alpha value is -1.89. The molecular formula is C21H24BrNO4. The Morgan fingerprint density at radius 1 is 1.11 bits per heavy atom. The third kappa shape index (κ3) is 5.09. The van der Waals surface area contributed by atoms with Crippen LogP contribution in [0.5, 0.6) is 5.75 Å². The average Bonchev–Trinajstić information content (AvgIpc) is 2.64. The third-order valence-electron chi connectivity index (χ3n) is 4.28. The molecule has 144 valence electrons. The van der Waals surface area contributed by atoms with Crippen LogP contribution in [0.1, 0.15) is 32.6 Å². The maximum absolute atomic E-state index is 12.7. The van der Waals surface area contributed by atoms with Gasteiger partial charge in [0.25, 0.3) is 0 Å². The molecule has 1 amide bonds. The molecule has 1 aliphatic heterocycles. The van der Waals surface area contributed by atoms with Gasteiger partial charge in [0.1, 0.15) is 5.75 Å². The number of ether oxygens (including phenoxy) is 3. The van der Waals surface area contributed by atoms with Crippen molar-refractivity contribution < 1.29 is 19.0 Å². The smallest absolute Gasteiger partial charge is 0.234 e. The van der Waals surface area contributed by atoms with E-state index < -0.39 is 11.7 Å². The fourth-order valence-corrected chi connectivity index (χ4v) is 2.99. The molecule has 0 saturated carbocycles. The van der Waals surface area contributed by atoms with Gasteiger partial charge in [-0.05, 0) is 57.2 Å². The van der Waals surface area contributed by atoms with Crippen molar-refractivity contribution in [1.82, 2.24) is 0 Å². The molecule has 6 heteroatoms. The van der Waals surface area contributed by atoms with Crippen LogP contribution in [-0.2, 0) is 14.3 Å². The highest BCUT2D eigenvalue weighted by Gasteiger charge is 2.39. The monoisotopic (exact) mass is 433 g/mol. The molecule has 0 atom stereocenters. The Kier molecular flexibility index (Phi) is 6.19. The quantitative estimate of drug-likeness (QED) is 0.726. The minimum atomic E-state index is -0.751. The van der Waals surface area contributed by atoms with Gasteiger partial charge in [0.05, 0.1) is 24.7 Å². The lowest BCUT2D eigenvalue weighted by Crippen LogP contribution is -2.45. The van der Waals surface area contributed by atoms with Crippen LogP contribution in [0.3, 0.4) is 0 Å². The number of rotatable bonds is 5. The van der Waals surface area contributed by atoms with Gasteiger partial charge in [0.15, 0.2) is 6.29 Å². The minimum absolute atomic E-state index is 0.111. The summed E-state index contributed by atoms with van der Waals surface area (Å²) in [5.74, 6) is 0.644. The van der Waals surface area contributed by atoms with E-state index in [-0.39, 0.29) is 25.2 Å². The lowest BCUT2D eigenvalue weighted by Gasteiger charge is -2.36. The Morgan fingerprint density at radius 3 is 2.26 bits per heavy atom. The van der Waals surface area contributed by atoms with Crippen LogP contribution >= 0.6 is 15.9 Å². The maximum Gasteiger partial charge on any atom is 0.234 e. The first-order valence-electron chi connectivity index (χ1n) is 8.92. The van der Waals surface area contributed by atoms with Crippen LogP contribution < -0.4 is 10.1 Å². The molecule has 0 radical (unpaired) electrons. The molecular weight excluding hydrogens is 410 g/mol. The van der Waals surface area contributed by atoms with Gasteiger partial charge in [0, 0.05) is 15.7 Å². The first-order valence-corrected chi connectivity index (χ1v) is 9.72. The highest BCUT2D eigenvalue weighted by molar-refractivity contribution is 9.10. The molecule has 0 bridgehead atoms. The van der Waals surface area contributed by atoms with Gasteiger partial charge in [0.2, 0.25) is 5.91 Å². The van der Waals surface area contributed by atoms with E-state index in [4.69, 9.17) is 14.2 Å². The summed E-state index contributed by atoms with van der Waals surface area (Å²) in [6.07, 6.45) is -0.342. The third-order valence-corrected chi connectivity index (χ3v) is 4.81. The Labute approximate surface area is 168 Å². The number of amides is 1. The summed E-state index contributed by atoms with van der Waals surface area (Å²) in [6, 6.07) is 15.1. The topological polar surface area (TPSA) is 56.8 Å². The normalized spacial score (nSPS) is 22.5. The van der Waals surface area contributed by atoms with Gasteiger partial charge in [-0.2, -0.15) is 0 Å². The fourth-order valence-electron chi connectivity index (χ4n) is 2.72. The molecule has 1 saturated heterocycles. The van der Waals surface area contributed by atoms with Crippen LogP contribution in [0.2, 0.25) is 0 Å². The second kappa shape index (κ2) is 8.42. The predicted octanol–water partition coefficient (Wildman–Crippen LogP) is 4.93. The van der Waals surface area contributed by atoms with Gasteiger partial charge >= 0.3 is 0 Å². The van der Waals surface area contributed by atoms with Gasteiger partial charge in [-0.1, -0.05) is 28.1 Å². The molecule has 5 nitrogen and oxygen atoms in total. The molecule has 1 fully saturated rings. The number of hydrogen-bond donors (Lipinski definition) is 1. The summed E-state index contributed by atoms with van der Waals surface area (Å²) < 4.78 is 18.3. The molecule has 1 N–H and O–H groups in total. The van der Waals surface area contributed by atoms with Gasteiger partial charge < -0.3 is 19.5 Å². The summed E-state index contributed by atoms with van der Waals surface area (Å²) in [6.45, 7) is 6.36. The van der Waals surface area contributed by atoms with Gasteiger partial charge in [-0.15, -0.1) is 0 Å². The Balaban J connectivity index is 1.58. The van der Waals surface area contributed by atoms with Crippen molar-refractivity contribution in [3.8, 4) is 5.75 Å². The molecule has 0 spiro atoms. The van der Waals surface area contributed by atoms with Crippen LogP contribution in [-0.4, -0.2) is 25.2 Å². The summed E-state index contributed by atoms with van der Waals surface area (Å²) in [5.41, 5.74) is 0.896. The SMILES string of the molecule is CC(C)Oc1ccc(NC(=O)C2(C)COC(c3ccc(Br)cc3)OC2)cc1. The summed E-state index contributed by atoms with van der Waals surface area (Å²) in [7, 11) is 0. The zero-order valence-corrected chi connectivity index (χ0v) is 17.3. The second-order valence-electron chi connectivity index (χ2n) is 7.21. The molecule has 2 aromatic rings. The van der Waals surface area contributed by atoms with Crippen molar-refractivity contribution in [3.63, 3.8) is 0 Å². The standard InChI is InChI=1S/C21H24BrNO4/c1-14(2)27-18-10-8-17(9-11-18)23-20(24)21(3)12-25-19(26-13-21)15-4-6-16(22)7-5-15/h4-11,14,19H,12-13H2,1-3H3,(H,23,24). The number of anilines is 1. The molecule has 2 aromatic carbocycles. The number of nitrogens with one attached hydrogen (secondary N) is 1. The average molecular weight is 434 g/mol. The van der Waals surface area contributed by atoms with Crippen LogP contribution in [0.4, 0.5) is 5.69 Å². The second-order valence-corrected chi connectivity index (χ2v) is 8.13. The van der Waals surface area contributed by atoms with E-state index in [1.807, 2.05) is 69.3 Å². The number of halogens is 1. The fraction of sp³-hybridized carbons (Fsp3) is 0.381. The lowest BCUT2D eigenvalue weighted by atomic mass is 9.90. The van der Waals surface area contributed by atoms with E-state index in [2.05, 4.69) is 21.2 Å². The van der Waals surface area contributed by atoms with Crippen LogP contribution in [0, 0.1) is 5.41 Å². The molecule has 3 rings (SSSR count). The number of benzene rings is 2. The van der Waals surface area contributed by atoms with Crippen LogP contribution in [0.15, 0.2) is 53.0 Å². The summed E-state index contributed by atoms with van der Waals surface area (Å²) in [4.78, 5) is 12.7. The van der Waals surface area contributed by atoms with E-state index in [1.165, 1.54) is 0 Å². The minimum Gasteiger partial charge on any atom is -0.491 e. The van der Waals surface area contributed by atoms with Crippen molar-refractivity contribution in [1.29, 1.82) is 0 Å². The van der Waals surface area contributed by atoms with E-state index in [1.54, 1.807) is 0 Å². The van der Waals surface area contributed by atoms with E-state index >= 15 is 0 Å². The first-order chi connectivity index (χ1) is 12.9. The molecule has 0 aliphatic carbocycles. The van der Waals surface area contributed by atoms with E-state index in [0.717, 1.165) is 15.8 Å². The first kappa shape index (κ1) is 19.9. The van der Waals surface area contributed by atoms with E-state index in [0.29, 0.717) is 5.69 Å². The van der Waals surface area contributed by atoms with Crippen molar-refractivity contribution in [2.45, 2.75) is 33.2 Å². The highest BCUT2D eigenvalue weighted by atomic mass is 79.9. The number of hydrogen-bond acceptors (Lipinski definition) is 4. The van der Waals surface area contributed by atoms with Crippen molar-refractivity contribution >= 4 is 27.5 Å². The largest absolute Gasteiger partial charge is 0.491 e. The molecule has 1 heterocycles. The van der Waals surface area contributed by atoms with E-state index in [9.17, 15) is 4.79 Å². The molecule has 0 unspecified atom stereocenters. The number of carbonyl (C=O) groups is 1. The summed E-state index contributed by atoms with van der Waals surface area (Å²) >= 11 is 3.41. The number of carbonyl (C=O) groups excluding carboxylic acids is 1. The van der Waals surface area contributed by atoms with Crippen molar-refractivity contribution in [2.24, 2.45) is 5.41 Å². The van der Waals surface area contributed by atoms with Gasteiger partial charge in [-0.3, -0.25) is 4.79 Å². The molecule has 27 heavy (non-hydrogen) atoms. The highest BCUT2D eigenvalue weighted by Crippen LogP contribution is 2.33. The Bertz CT molecular complexity index is 766. The van der Waals surface area contributed by atoms with Crippen molar-refractivity contribution in [3.05, 3.63) is 58.6 Å².